The smallest absolute Gasteiger partial charge is 0.271 e. The fraction of sp³-hybridized carbons (Fsp3) is 0.290. The Hall–Kier alpha value is -4.50. The quantitative estimate of drug-likeness (QED) is 0.228. The summed E-state index contributed by atoms with van der Waals surface area (Å²) in [5.41, 5.74) is 7.64. The first-order chi connectivity index (χ1) is 19.5. The number of piperidine rings is 1. The summed E-state index contributed by atoms with van der Waals surface area (Å²) in [6.07, 6.45) is 7.13. The number of aromatic hydroxyl groups is 1. The van der Waals surface area contributed by atoms with E-state index in [0.717, 1.165) is 53.5 Å². The van der Waals surface area contributed by atoms with Gasteiger partial charge in [-0.05, 0) is 78.7 Å². The van der Waals surface area contributed by atoms with Crippen LogP contribution in [-0.4, -0.2) is 60.7 Å². The van der Waals surface area contributed by atoms with Gasteiger partial charge in [0.05, 0.1) is 11.7 Å². The van der Waals surface area contributed by atoms with Crippen LogP contribution in [0.4, 0.5) is 0 Å². The van der Waals surface area contributed by atoms with E-state index in [4.69, 9.17) is 0 Å². The number of aromatic amines is 2. The lowest BCUT2D eigenvalue weighted by Crippen LogP contribution is -2.38. The molecule has 0 aliphatic carbocycles. The highest BCUT2D eigenvalue weighted by Crippen LogP contribution is 2.33. The highest BCUT2D eigenvalue weighted by atomic mass is 16.3. The summed E-state index contributed by atoms with van der Waals surface area (Å²) in [7, 11) is 0. The van der Waals surface area contributed by atoms with Crippen molar-refractivity contribution < 1.29 is 9.90 Å². The number of nitrogens with zero attached hydrogens (tertiary/aromatic N) is 4. The number of hydrogen-bond donors (Lipinski definition) is 4. The van der Waals surface area contributed by atoms with Gasteiger partial charge >= 0.3 is 0 Å². The van der Waals surface area contributed by atoms with Crippen molar-refractivity contribution in [3.8, 4) is 28.4 Å². The average molecular weight is 536 g/mol. The predicted octanol–water partition coefficient (Wildman–Crippen LogP) is 5.16. The van der Waals surface area contributed by atoms with Gasteiger partial charge in [-0.25, -0.2) is 4.98 Å². The summed E-state index contributed by atoms with van der Waals surface area (Å²) in [6.45, 7) is 7.21. The number of aromatic nitrogens is 5. The van der Waals surface area contributed by atoms with Gasteiger partial charge in [0, 0.05) is 43.0 Å². The Morgan fingerprint density at radius 1 is 1.12 bits per heavy atom. The number of H-pyrrole nitrogens is 2. The van der Waals surface area contributed by atoms with Crippen molar-refractivity contribution in [3.63, 3.8) is 0 Å². The molecule has 6 rings (SSSR count). The van der Waals surface area contributed by atoms with Crippen LogP contribution in [0.2, 0.25) is 0 Å². The maximum Gasteiger partial charge on any atom is 0.271 e. The summed E-state index contributed by atoms with van der Waals surface area (Å²) in [4.78, 5) is 27.4. The number of rotatable bonds is 7. The van der Waals surface area contributed by atoms with Crippen LogP contribution in [0.3, 0.4) is 0 Å². The van der Waals surface area contributed by atoms with Crippen molar-refractivity contribution in [3.05, 3.63) is 83.4 Å². The Morgan fingerprint density at radius 3 is 2.77 bits per heavy atom. The average Bonchev–Trinajstić information content (AvgIpc) is 3.63. The van der Waals surface area contributed by atoms with E-state index < -0.39 is 0 Å². The minimum atomic E-state index is -0.0622. The third-order valence-electron chi connectivity index (χ3n) is 7.91. The first-order valence-electron chi connectivity index (χ1n) is 13.8. The van der Waals surface area contributed by atoms with Gasteiger partial charge in [-0.1, -0.05) is 25.1 Å². The fourth-order valence-corrected chi connectivity index (χ4v) is 5.57. The number of carbonyl (C=O) groups is 1. The third-order valence-corrected chi connectivity index (χ3v) is 7.91. The predicted molar refractivity (Wildman–Crippen MR) is 155 cm³/mol. The zero-order valence-electron chi connectivity index (χ0n) is 22.7. The van der Waals surface area contributed by atoms with Crippen molar-refractivity contribution in [2.45, 2.75) is 39.2 Å². The molecule has 0 bridgehead atoms. The van der Waals surface area contributed by atoms with Gasteiger partial charge in [0.2, 0.25) is 0 Å². The molecule has 0 atom stereocenters. The van der Waals surface area contributed by atoms with Crippen LogP contribution < -0.4 is 5.32 Å². The normalized spacial score (nSPS) is 14.2. The van der Waals surface area contributed by atoms with E-state index in [1.807, 2.05) is 41.6 Å². The number of benzene rings is 2. The maximum atomic E-state index is 13.3. The molecule has 4 heterocycles. The highest BCUT2D eigenvalue weighted by Gasteiger charge is 2.26. The first-order valence-corrected chi connectivity index (χ1v) is 13.8. The number of nitrogens with one attached hydrogen (secondary N) is 3. The minimum Gasteiger partial charge on any atom is -0.508 e. The van der Waals surface area contributed by atoms with Crippen LogP contribution >= 0.6 is 0 Å². The monoisotopic (exact) mass is 535 g/mol. The van der Waals surface area contributed by atoms with E-state index in [2.05, 4.69) is 56.4 Å². The van der Waals surface area contributed by atoms with Crippen molar-refractivity contribution in [2.75, 3.05) is 19.6 Å². The molecule has 0 radical (unpaired) electrons. The Kier molecular flexibility index (Phi) is 7.04. The topological polar surface area (TPSA) is 123 Å². The molecular weight excluding hydrogens is 502 g/mol. The lowest BCUT2D eigenvalue weighted by atomic mass is 9.89. The maximum absolute atomic E-state index is 13.3. The Labute approximate surface area is 232 Å². The molecule has 5 aromatic rings. The number of phenols is 1. The fourth-order valence-electron chi connectivity index (χ4n) is 5.57. The SMILES string of the molecule is CCNCc1cncc(-c2ccc3[nH]nc(-c4ncc(C(=O)N5CCC(c6cccc(O)c6)CC5)[nH]4)c3c2)c1C. The summed E-state index contributed by atoms with van der Waals surface area (Å²) >= 11 is 0. The molecule has 1 aliphatic heterocycles. The molecule has 0 saturated carbocycles. The third kappa shape index (κ3) is 4.96. The number of phenolic OH excluding ortho intramolecular Hbond substituents is 1. The van der Waals surface area contributed by atoms with Crippen molar-refractivity contribution >= 4 is 16.8 Å². The van der Waals surface area contributed by atoms with Crippen LogP contribution in [0.5, 0.6) is 5.75 Å². The van der Waals surface area contributed by atoms with E-state index in [0.29, 0.717) is 36.2 Å². The number of imidazole rings is 1. The molecule has 3 aromatic heterocycles. The standard InChI is InChI=1S/C31H33N7O2/c1-3-32-15-23-16-33-17-26(19(23)2)22-7-8-27-25(14-22)29(37-36-27)30-34-18-28(35-30)31(40)38-11-9-20(10-12-38)21-5-4-6-24(39)13-21/h4-8,13-14,16-18,20,32,39H,3,9-12,15H2,1-2H3,(H,34,35)(H,36,37). The van der Waals surface area contributed by atoms with Crippen molar-refractivity contribution in [1.29, 1.82) is 0 Å². The van der Waals surface area contributed by atoms with Crippen LogP contribution in [0.15, 0.2) is 61.1 Å². The van der Waals surface area contributed by atoms with Gasteiger partial charge in [-0.2, -0.15) is 5.10 Å². The number of likely N-dealkylation sites (tertiary alicyclic amines) is 1. The van der Waals surface area contributed by atoms with E-state index >= 15 is 0 Å². The van der Waals surface area contributed by atoms with Crippen LogP contribution in [-0.2, 0) is 6.54 Å². The second-order valence-electron chi connectivity index (χ2n) is 10.4. The number of carbonyl (C=O) groups excluding carboxylic acids is 1. The molecule has 0 unspecified atom stereocenters. The molecule has 1 amide bonds. The van der Waals surface area contributed by atoms with Gasteiger partial charge in [-0.15, -0.1) is 0 Å². The molecule has 9 nitrogen and oxygen atoms in total. The zero-order valence-corrected chi connectivity index (χ0v) is 22.7. The summed E-state index contributed by atoms with van der Waals surface area (Å²) < 4.78 is 0. The van der Waals surface area contributed by atoms with E-state index in [1.165, 1.54) is 11.1 Å². The summed E-state index contributed by atoms with van der Waals surface area (Å²) in [6, 6.07) is 13.6. The Balaban J connectivity index is 1.21. The minimum absolute atomic E-state index is 0.0622. The number of amides is 1. The summed E-state index contributed by atoms with van der Waals surface area (Å²) in [5, 5.41) is 21.7. The molecule has 1 saturated heterocycles. The molecule has 204 valence electrons. The van der Waals surface area contributed by atoms with Crippen LogP contribution in [0.1, 0.15) is 52.9 Å². The van der Waals surface area contributed by atoms with E-state index in [9.17, 15) is 9.90 Å². The number of hydrogen-bond acceptors (Lipinski definition) is 6. The second-order valence-corrected chi connectivity index (χ2v) is 10.4. The van der Waals surface area contributed by atoms with Crippen LogP contribution in [0, 0.1) is 6.92 Å². The molecule has 2 aromatic carbocycles. The number of pyridine rings is 1. The largest absolute Gasteiger partial charge is 0.508 e. The number of fused-ring (bicyclic) bond motifs is 1. The molecule has 9 heteroatoms. The second kappa shape index (κ2) is 10.9. The zero-order chi connectivity index (χ0) is 27.6. The highest BCUT2D eigenvalue weighted by molar-refractivity contribution is 5.96. The van der Waals surface area contributed by atoms with Gasteiger partial charge in [0.25, 0.3) is 5.91 Å². The lowest BCUT2D eigenvalue weighted by Gasteiger charge is -2.32. The van der Waals surface area contributed by atoms with Crippen LogP contribution in [0.25, 0.3) is 33.5 Å². The molecule has 4 N–H and O–H groups in total. The van der Waals surface area contributed by atoms with Gasteiger partial charge in [-0.3, -0.25) is 14.9 Å². The van der Waals surface area contributed by atoms with Gasteiger partial charge in [0.1, 0.15) is 17.1 Å². The molecule has 0 spiro atoms. The molecular formula is C31H33N7O2. The molecule has 1 fully saturated rings. The van der Waals surface area contributed by atoms with Crippen molar-refractivity contribution in [2.24, 2.45) is 0 Å². The molecule has 40 heavy (non-hydrogen) atoms. The van der Waals surface area contributed by atoms with E-state index in [1.54, 1.807) is 12.3 Å². The first kappa shape index (κ1) is 25.8. The lowest BCUT2D eigenvalue weighted by molar-refractivity contribution is 0.0707. The molecule has 1 aliphatic rings. The van der Waals surface area contributed by atoms with Crippen molar-refractivity contribution in [1.82, 2.24) is 35.4 Å². The van der Waals surface area contributed by atoms with Gasteiger partial charge < -0.3 is 20.3 Å². The van der Waals surface area contributed by atoms with E-state index in [-0.39, 0.29) is 11.7 Å². The Morgan fingerprint density at radius 2 is 1.98 bits per heavy atom. The Bertz CT molecular complexity index is 1660. The summed E-state index contributed by atoms with van der Waals surface area (Å²) in [5.74, 6) is 1.11. The van der Waals surface area contributed by atoms with Gasteiger partial charge in [0.15, 0.2) is 5.82 Å².